The topological polar surface area (TPSA) is 46.9 Å². The molecule has 1 rings (SSSR count). The van der Waals surface area contributed by atoms with E-state index in [1.54, 1.807) is 13.2 Å². The zero-order chi connectivity index (χ0) is 12.0. The van der Waals surface area contributed by atoms with E-state index in [4.69, 9.17) is 11.6 Å². The molecule has 0 aromatic carbocycles. The Bertz CT molecular complexity index is 389. The van der Waals surface area contributed by atoms with Crippen molar-refractivity contribution in [2.45, 2.75) is 32.6 Å². The molecular weight excluding hydrogens is 226 g/mol. The molecule has 0 aliphatic heterocycles. The van der Waals surface area contributed by atoms with Gasteiger partial charge in [0.15, 0.2) is 0 Å². The molecule has 1 heterocycles. The third-order valence-electron chi connectivity index (χ3n) is 2.42. The lowest BCUT2D eigenvalue weighted by atomic mass is 10.2. The van der Waals surface area contributed by atoms with Gasteiger partial charge in [-0.15, -0.1) is 0 Å². The maximum atomic E-state index is 11.5. The maximum Gasteiger partial charge on any atom is 0.287 e. The smallest absolute Gasteiger partial charge is 0.287 e. The Morgan fingerprint density at radius 1 is 1.44 bits per heavy atom. The first-order valence-corrected chi connectivity index (χ1v) is 6.00. The normalized spacial score (nSPS) is 10.4. The Balaban J connectivity index is 2.49. The van der Waals surface area contributed by atoms with Crippen molar-refractivity contribution in [3.8, 4) is 0 Å². The van der Waals surface area contributed by atoms with E-state index < -0.39 is 0 Å². The van der Waals surface area contributed by atoms with Crippen LogP contribution in [0, 0.1) is 0 Å². The lowest BCUT2D eigenvalue weighted by Crippen LogP contribution is -2.21. The molecule has 0 unspecified atom stereocenters. The average molecular weight is 244 g/mol. The van der Waals surface area contributed by atoms with Gasteiger partial charge in [0, 0.05) is 13.6 Å². The summed E-state index contributed by atoms with van der Waals surface area (Å²) in [6.45, 7) is 3.00. The largest absolute Gasteiger partial charge is 0.382 e. The van der Waals surface area contributed by atoms with Gasteiger partial charge in [-0.2, -0.15) is 5.10 Å². The van der Waals surface area contributed by atoms with Crippen LogP contribution >= 0.6 is 11.6 Å². The van der Waals surface area contributed by atoms with Gasteiger partial charge in [0.25, 0.3) is 5.56 Å². The van der Waals surface area contributed by atoms with Crippen molar-refractivity contribution >= 4 is 17.3 Å². The Morgan fingerprint density at radius 3 is 2.88 bits per heavy atom. The van der Waals surface area contributed by atoms with E-state index in [9.17, 15) is 4.79 Å². The number of aromatic nitrogens is 2. The van der Waals surface area contributed by atoms with Crippen LogP contribution in [0.4, 0.5) is 5.69 Å². The number of aryl methyl sites for hydroxylation is 1. The van der Waals surface area contributed by atoms with Gasteiger partial charge in [0.05, 0.1) is 11.9 Å². The third kappa shape index (κ3) is 3.52. The lowest BCUT2D eigenvalue weighted by Gasteiger charge is -2.07. The fourth-order valence-corrected chi connectivity index (χ4v) is 1.65. The molecule has 0 amide bonds. The standard InChI is InChI=1S/C11H18ClN3O/c1-3-4-5-6-7-13-9-8-14-15(2)11(16)10(9)12/h8,13H,3-7H2,1-2H3. The number of nitrogens with one attached hydrogen (secondary N) is 1. The molecule has 1 aromatic rings. The van der Waals surface area contributed by atoms with E-state index in [-0.39, 0.29) is 10.6 Å². The molecule has 4 nitrogen and oxygen atoms in total. The molecular formula is C11H18ClN3O. The van der Waals surface area contributed by atoms with E-state index in [2.05, 4.69) is 17.3 Å². The highest BCUT2D eigenvalue weighted by Crippen LogP contribution is 2.14. The summed E-state index contributed by atoms with van der Waals surface area (Å²) in [6.07, 6.45) is 6.32. The minimum absolute atomic E-state index is 0.216. The fourth-order valence-electron chi connectivity index (χ4n) is 1.41. The lowest BCUT2D eigenvalue weighted by molar-refractivity contribution is 0.682. The van der Waals surface area contributed by atoms with Crippen LogP contribution < -0.4 is 10.9 Å². The molecule has 0 saturated heterocycles. The van der Waals surface area contributed by atoms with Gasteiger partial charge in [-0.05, 0) is 6.42 Å². The first-order chi connectivity index (χ1) is 7.66. The molecule has 0 saturated carbocycles. The number of hydrogen-bond acceptors (Lipinski definition) is 3. The zero-order valence-corrected chi connectivity index (χ0v) is 10.5. The third-order valence-corrected chi connectivity index (χ3v) is 2.79. The van der Waals surface area contributed by atoms with Crippen LogP contribution in [0.3, 0.4) is 0 Å². The van der Waals surface area contributed by atoms with Crippen molar-refractivity contribution in [1.82, 2.24) is 9.78 Å². The van der Waals surface area contributed by atoms with E-state index in [0.29, 0.717) is 5.69 Å². The highest BCUT2D eigenvalue weighted by Gasteiger charge is 2.05. The van der Waals surface area contributed by atoms with Crippen LogP contribution in [0.5, 0.6) is 0 Å². The van der Waals surface area contributed by atoms with E-state index in [1.165, 1.54) is 23.9 Å². The van der Waals surface area contributed by atoms with Crippen molar-refractivity contribution in [3.05, 3.63) is 21.6 Å². The van der Waals surface area contributed by atoms with Crippen LogP contribution in [-0.4, -0.2) is 16.3 Å². The molecule has 90 valence electrons. The van der Waals surface area contributed by atoms with Crippen LogP contribution in [0.1, 0.15) is 32.6 Å². The van der Waals surface area contributed by atoms with E-state index in [0.717, 1.165) is 13.0 Å². The van der Waals surface area contributed by atoms with E-state index >= 15 is 0 Å². The monoisotopic (exact) mass is 243 g/mol. The SMILES string of the molecule is CCCCCCNc1cnn(C)c(=O)c1Cl. The molecule has 16 heavy (non-hydrogen) atoms. The molecule has 1 aromatic heterocycles. The Hall–Kier alpha value is -1.03. The Labute approximate surface area is 101 Å². The molecule has 0 radical (unpaired) electrons. The van der Waals surface area contributed by atoms with Gasteiger partial charge in [0.2, 0.25) is 0 Å². The molecule has 0 bridgehead atoms. The molecule has 5 heteroatoms. The van der Waals surface area contributed by atoms with Crippen molar-refractivity contribution < 1.29 is 0 Å². The van der Waals surface area contributed by atoms with Gasteiger partial charge in [-0.1, -0.05) is 37.8 Å². The van der Waals surface area contributed by atoms with Crippen LogP contribution in [0.15, 0.2) is 11.0 Å². The number of halogens is 1. The number of nitrogens with zero attached hydrogens (tertiary/aromatic N) is 2. The summed E-state index contributed by atoms with van der Waals surface area (Å²) in [6, 6.07) is 0. The van der Waals surface area contributed by atoms with Crippen LogP contribution in [0.25, 0.3) is 0 Å². The van der Waals surface area contributed by atoms with Crippen LogP contribution in [-0.2, 0) is 7.05 Å². The summed E-state index contributed by atoms with van der Waals surface area (Å²) in [5, 5.41) is 7.26. The molecule has 0 spiro atoms. The predicted molar refractivity (Wildman–Crippen MR) is 67.1 cm³/mol. The second-order valence-electron chi connectivity index (χ2n) is 3.79. The number of rotatable bonds is 6. The summed E-state index contributed by atoms with van der Waals surface area (Å²) >= 11 is 5.90. The summed E-state index contributed by atoms with van der Waals surface area (Å²) in [4.78, 5) is 11.5. The van der Waals surface area contributed by atoms with Crippen molar-refractivity contribution in [1.29, 1.82) is 0 Å². The quantitative estimate of drug-likeness (QED) is 0.781. The Morgan fingerprint density at radius 2 is 2.19 bits per heavy atom. The zero-order valence-electron chi connectivity index (χ0n) is 9.79. The van der Waals surface area contributed by atoms with Gasteiger partial charge < -0.3 is 5.32 Å². The first-order valence-electron chi connectivity index (χ1n) is 5.62. The van der Waals surface area contributed by atoms with Crippen LogP contribution in [0.2, 0.25) is 5.02 Å². The Kier molecular flexibility index (Phi) is 5.32. The maximum absolute atomic E-state index is 11.5. The van der Waals surface area contributed by atoms with Gasteiger partial charge in [0.1, 0.15) is 5.02 Å². The van der Waals surface area contributed by atoms with Crippen molar-refractivity contribution in [2.24, 2.45) is 7.05 Å². The van der Waals surface area contributed by atoms with Gasteiger partial charge in [-0.25, -0.2) is 4.68 Å². The highest BCUT2D eigenvalue weighted by molar-refractivity contribution is 6.32. The summed E-state index contributed by atoms with van der Waals surface area (Å²) in [7, 11) is 1.58. The fraction of sp³-hybridized carbons (Fsp3) is 0.636. The molecule has 1 N–H and O–H groups in total. The van der Waals surface area contributed by atoms with Gasteiger partial charge >= 0.3 is 0 Å². The summed E-state index contributed by atoms with van der Waals surface area (Å²) in [5.74, 6) is 0. The summed E-state index contributed by atoms with van der Waals surface area (Å²) in [5.41, 5.74) is 0.362. The molecule has 0 atom stereocenters. The first kappa shape index (κ1) is 13.0. The molecule has 0 fully saturated rings. The second-order valence-corrected chi connectivity index (χ2v) is 4.17. The highest BCUT2D eigenvalue weighted by atomic mass is 35.5. The van der Waals surface area contributed by atoms with Gasteiger partial charge in [-0.3, -0.25) is 4.79 Å². The second kappa shape index (κ2) is 6.53. The molecule has 0 aliphatic carbocycles. The van der Waals surface area contributed by atoms with Crippen molar-refractivity contribution in [2.75, 3.05) is 11.9 Å². The van der Waals surface area contributed by atoms with E-state index in [1.807, 2.05) is 0 Å². The van der Waals surface area contributed by atoms with Crippen molar-refractivity contribution in [3.63, 3.8) is 0 Å². The average Bonchev–Trinajstić information content (AvgIpc) is 2.28. The number of anilines is 1. The summed E-state index contributed by atoms with van der Waals surface area (Å²) < 4.78 is 1.23. The number of hydrogen-bond donors (Lipinski definition) is 1. The predicted octanol–water partition coefficient (Wildman–Crippen LogP) is 2.43. The number of unbranched alkanes of at least 4 members (excludes halogenated alkanes) is 3. The molecule has 0 aliphatic rings. The minimum atomic E-state index is -0.264. The minimum Gasteiger partial charge on any atom is -0.382 e.